The summed E-state index contributed by atoms with van der Waals surface area (Å²) >= 11 is 0. The minimum absolute atomic E-state index is 0.0333. The number of methoxy groups -OCH3 is 2. The Balaban J connectivity index is 2.26. The number of rotatable bonds is 5. The van der Waals surface area contributed by atoms with Gasteiger partial charge in [0.2, 0.25) is 0 Å². The fourth-order valence-corrected chi connectivity index (χ4v) is 4.43. The van der Waals surface area contributed by atoms with Gasteiger partial charge in [-0.2, -0.15) is 0 Å². The van der Waals surface area contributed by atoms with Crippen molar-refractivity contribution in [3.63, 3.8) is 0 Å². The number of ether oxygens (including phenoxy) is 3. The number of hydrogen-bond acceptors (Lipinski definition) is 6. The van der Waals surface area contributed by atoms with Crippen molar-refractivity contribution in [2.75, 3.05) is 14.2 Å². The van der Waals surface area contributed by atoms with Gasteiger partial charge in [0.1, 0.15) is 0 Å². The number of carbonyl (C=O) groups is 2. The summed E-state index contributed by atoms with van der Waals surface area (Å²) in [6, 6.07) is 5.52. The average molecular weight is 414 g/mol. The Bertz CT molecular complexity index is 939. The molecule has 30 heavy (non-hydrogen) atoms. The minimum atomic E-state index is -0.582. The molecule has 0 saturated heterocycles. The highest BCUT2D eigenvalue weighted by molar-refractivity contribution is 6.04. The van der Waals surface area contributed by atoms with Gasteiger partial charge in [0.15, 0.2) is 17.3 Å². The molecule has 6 nitrogen and oxygen atoms in total. The van der Waals surface area contributed by atoms with Crippen LogP contribution in [0.3, 0.4) is 0 Å². The SMILES string of the molecule is COc1cccc([C@H]2C(C(=O)OC(C)C)=C(C)NC3=C2C(=O)CC(C)(C)C3)c1OC. The van der Waals surface area contributed by atoms with Crippen LogP contribution in [0, 0.1) is 5.41 Å². The van der Waals surface area contributed by atoms with E-state index in [1.165, 1.54) is 0 Å². The highest BCUT2D eigenvalue weighted by Gasteiger charge is 2.44. The summed E-state index contributed by atoms with van der Waals surface area (Å²) in [5, 5.41) is 3.34. The second-order valence-corrected chi connectivity index (χ2v) is 8.97. The Hall–Kier alpha value is -2.76. The number of para-hydroxylation sites is 1. The number of dihydropyridines is 1. The molecule has 1 aliphatic carbocycles. The van der Waals surface area contributed by atoms with Gasteiger partial charge in [0, 0.05) is 29.0 Å². The molecule has 1 aliphatic heterocycles. The first-order valence-corrected chi connectivity index (χ1v) is 10.3. The quantitative estimate of drug-likeness (QED) is 0.727. The lowest BCUT2D eigenvalue weighted by molar-refractivity contribution is -0.143. The topological polar surface area (TPSA) is 73.9 Å². The summed E-state index contributed by atoms with van der Waals surface area (Å²) < 4.78 is 16.7. The second-order valence-electron chi connectivity index (χ2n) is 8.97. The molecule has 0 bridgehead atoms. The van der Waals surface area contributed by atoms with Crippen LogP contribution in [0.15, 0.2) is 40.7 Å². The van der Waals surface area contributed by atoms with Crippen LogP contribution in [-0.2, 0) is 14.3 Å². The molecule has 0 spiro atoms. The molecule has 2 aliphatic rings. The number of ketones is 1. The fourth-order valence-electron chi connectivity index (χ4n) is 4.43. The molecule has 1 N–H and O–H groups in total. The van der Waals surface area contributed by atoms with Crippen LogP contribution in [0.1, 0.15) is 58.9 Å². The van der Waals surface area contributed by atoms with Gasteiger partial charge in [0.25, 0.3) is 0 Å². The lowest BCUT2D eigenvalue weighted by Gasteiger charge is -2.39. The zero-order valence-electron chi connectivity index (χ0n) is 18.8. The monoisotopic (exact) mass is 413 g/mol. The number of hydrogen-bond donors (Lipinski definition) is 1. The number of nitrogens with one attached hydrogen (secondary N) is 1. The first-order valence-electron chi connectivity index (χ1n) is 10.3. The van der Waals surface area contributed by atoms with E-state index in [0.29, 0.717) is 40.3 Å². The molecular weight excluding hydrogens is 382 g/mol. The smallest absolute Gasteiger partial charge is 0.337 e. The Labute approximate surface area is 178 Å². The van der Waals surface area contributed by atoms with Crippen LogP contribution in [0.4, 0.5) is 0 Å². The van der Waals surface area contributed by atoms with Gasteiger partial charge in [-0.15, -0.1) is 0 Å². The molecule has 3 rings (SSSR count). The number of carbonyl (C=O) groups excluding carboxylic acids is 2. The molecule has 1 aromatic carbocycles. The maximum Gasteiger partial charge on any atom is 0.337 e. The Kier molecular flexibility index (Phi) is 5.97. The largest absolute Gasteiger partial charge is 0.493 e. The third kappa shape index (κ3) is 3.95. The summed E-state index contributed by atoms with van der Waals surface area (Å²) in [6.45, 7) is 9.64. The second kappa shape index (κ2) is 8.17. The van der Waals surface area contributed by atoms with E-state index >= 15 is 0 Å². The predicted molar refractivity (Wildman–Crippen MR) is 114 cm³/mol. The fraction of sp³-hybridized carbons (Fsp3) is 0.500. The van der Waals surface area contributed by atoms with Gasteiger partial charge >= 0.3 is 5.97 Å². The summed E-state index contributed by atoms with van der Waals surface area (Å²) in [6.07, 6.45) is 0.866. The van der Waals surface area contributed by atoms with Gasteiger partial charge in [-0.3, -0.25) is 4.79 Å². The average Bonchev–Trinajstić information content (AvgIpc) is 2.64. The van der Waals surface area contributed by atoms with Crippen molar-refractivity contribution in [3.8, 4) is 11.5 Å². The zero-order valence-corrected chi connectivity index (χ0v) is 18.8. The van der Waals surface area contributed by atoms with Crippen molar-refractivity contribution in [2.24, 2.45) is 5.41 Å². The molecule has 1 heterocycles. The van der Waals surface area contributed by atoms with E-state index in [2.05, 4.69) is 19.2 Å². The summed E-state index contributed by atoms with van der Waals surface area (Å²) in [5.41, 5.74) is 3.17. The Morgan fingerprint density at radius 1 is 1.17 bits per heavy atom. The maximum atomic E-state index is 13.3. The van der Waals surface area contributed by atoms with Crippen LogP contribution >= 0.6 is 0 Å². The normalized spacial score (nSPS) is 20.7. The highest BCUT2D eigenvalue weighted by Crippen LogP contribution is 2.50. The number of allylic oxidation sites excluding steroid dienone is 3. The van der Waals surface area contributed by atoms with Gasteiger partial charge < -0.3 is 19.5 Å². The third-order valence-electron chi connectivity index (χ3n) is 5.55. The van der Waals surface area contributed by atoms with Gasteiger partial charge in [-0.05, 0) is 38.7 Å². The van der Waals surface area contributed by atoms with Crippen molar-refractivity contribution in [3.05, 3.63) is 46.3 Å². The van der Waals surface area contributed by atoms with Crippen LogP contribution in [-0.4, -0.2) is 32.1 Å². The number of benzene rings is 1. The van der Waals surface area contributed by atoms with Gasteiger partial charge in [0.05, 0.1) is 31.8 Å². The molecule has 0 amide bonds. The van der Waals surface area contributed by atoms with E-state index in [4.69, 9.17) is 14.2 Å². The first kappa shape index (κ1) is 21.9. The van der Waals surface area contributed by atoms with Crippen LogP contribution in [0.25, 0.3) is 0 Å². The molecule has 0 aromatic heterocycles. The third-order valence-corrected chi connectivity index (χ3v) is 5.55. The Morgan fingerprint density at radius 2 is 1.87 bits per heavy atom. The van der Waals surface area contributed by atoms with Crippen molar-refractivity contribution in [2.45, 2.75) is 59.5 Å². The molecular formula is C24H31NO5. The van der Waals surface area contributed by atoms with Crippen molar-refractivity contribution in [1.82, 2.24) is 5.32 Å². The van der Waals surface area contributed by atoms with E-state index in [1.54, 1.807) is 20.3 Å². The van der Waals surface area contributed by atoms with E-state index in [9.17, 15) is 9.59 Å². The van der Waals surface area contributed by atoms with E-state index in [0.717, 1.165) is 12.1 Å². The van der Waals surface area contributed by atoms with Gasteiger partial charge in [-0.25, -0.2) is 4.79 Å². The standard InChI is InChI=1S/C24H31NO5/c1-13(2)30-23(27)19-14(3)25-16-11-24(4,5)12-17(26)21(16)20(19)15-9-8-10-18(28-6)22(15)29-7/h8-10,13,20,25H,11-12H2,1-7H3/t20-/m0/s1. The van der Waals surface area contributed by atoms with Crippen LogP contribution in [0.2, 0.25) is 0 Å². The Morgan fingerprint density at radius 3 is 2.47 bits per heavy atom. The highest BCUT2D eigenvalue weighted by atomic mass is 16.5. The molecule has 162 valence electrons. The van der Waals surface area contributed by atoms with Gasteiger partial charge in [-0.1, -0.05) is 26.0 Å². The molecule has 1 atom stereocenters. The van der Waals surface area contributed by atoms with Crippen LogP contribution in [0.5, 0.6) is 11.5 Å². The number of esters is 1. The van der Waals surface area contributed by atoms with E-state index in [-0.39, 0.29) is 17.3 Å². The lowest BCUT2D eigenvalue weighted by atomic mass is 9.68. The summed E-state index contributed by atoms with van der Waals surface area (Å²) in [5.74, 6) is 0.0775. The van der Waals surface area contributed by atoms with Crippen molar-refractivity contribution >= 4 is 11.8 Å². The molecule has 0 saturated carbocycles. The van der Waals surface area contributed by atoms with E-state index in [1.807, 2.05) is 32.9 Å². The molecule has 0 unspecified atom stereocenters. The molecule has 6 heteroatoms. The van der Waals surface area contributed by atoms with Crippen molar-refractivity contribution in [1.29, 1.82) is 0 Å². The molecule has 1 aromatic rings. The van der Waals surface area contributed by atoms with Crippen molar-refractivity contribution < 1.29 is 23.8 Å². The molecule has 0 fully saturated rings. The maximum absolute atomic E-state index is 13.3. The zero-order chi connectivity index (χ0) is 22.2. The summed E-state index contributed by atoms with van der Waals surface area (Å²) in [7, 11) is 3.13. The molecule has 0 radical (unpaired) electrons. The first-order chi connectivity index (χ1) is 14.1. The number of Topliss-reactive ketones (excluding diaryl/α,β-unsaturated/α-hetero) is 1. The summed E-state index contributed by atoms with van der Waals surface area (Å²) in [4.78, 5) is 26.5. The minimum Gasteiger partial charge on any atom is -0.493 e. The predicted octanol–water partition coefficient (Wildman–Crippen LogP) is 4.26. The van der Waals surface area contributed by atoms with E-state index < -0.39 is 11.9 Å². The van der Waals surface area contributed by atoms with Crippen LogP contribution < -0.4 is 14.8 Å². The lowest BCUT2D eigenvalue weighted by Crippen LogP contribution is -2.39.